The monoisotopic (exact) mass is 323 g/mol. The number of hydrogen-bond donors (Lipinski definition) is 1. The highest BCUT2D eigenvalue weighted by Gasteiger charge is 2.19. The number of carboxylic acids is 1. The van der Waals surface area contributed by atoms with Crippen LogP contribution in [0.15, 0.2) is 48.5 Å². The first-order valence-corrected chi connectivity index (χ1v) is 8.31. The maximum atomic E-state index is 12.6. The molecular formula is C20H21NO3. The van der Waals surface area contributed by atoms with Crippen LogP contribution in [-0.2, 0) is 24.2 Å². The van der Waals surface area contributed by atoms with Crippen LogP contribution in [0.4, 0.5) is 0 Å². The second kappa shape index (κ2) is 7.30. The molecule has 0 saturated carbocycles. The van der Waals surface area contributed by atoms with Gasteiger partial charge in [-0.15, -0.1) is 0 Å². The van der Waals surface area contributed by atoms with Gasteiger partial charge >= 0.3 is 5.97 Å². The number of aryl methyl sites for hydroxylation is 2. The number of rotatable bonds is 4. The van der Waals surface area contributed by atoms with E-state index in [0.29, 0.717) is 24.9 Å². The third-order valence-electron chi connectivity index (χ3n) is 4.56. The van der Waals surface area contributed by atoms with Crippen molar-refractivity contribution in [1.29, 1.82) is 0 Å². The van der Waals surface area contributed by atoms with E-state index in [2.05, 4.69) is 12.1 Å². The van der Waals surface area contributed by atoms with Crippen LogP contribution in [0.1, 0.15) is 39.9 Å². The summed E-state index contributed by atoms with van der Waals surface area (Å²) >= 11 is 0. The molecule has 0 saturated heterocycles. The summed E-state index contributed by atoms with van der Waals surface area (Å²) in [7, 11) is 0. The van der Waals surface area contributed by atoms with E-state index in [-0.39, 0.29) is 11.5 Å². The maximum Gasteiger partial charge on any atom is 0.335 e. The summed E-state index contributed by atoms with van der Waals surface area (Å²) in [5, 5.41) is 9.23. The van der Waals surface area contributed by atoms with E-state index in [0.717, 1.165) is 19.4 Å². The van der Waals surface area contributed by atoms with Gasteiger partial charge in [-0.25, -0.2) is 4.79 Å². The average Bonchev–Trinajstić information content (AvgIpc) is 2.82. The third kappa shape index (κ3) is 3.65. The summed E-state index contributed by atoms with van der Waals surface area (Å²) in [6, 6.07) is 15.2. The van der Waals surface area contributed by atoms with Crippen LogP contribution < -0.4 is 0 Å². The van der Waals surface area contributed by atoms with E-state index >= 15 is 0 Å². The van der Waals surface area contributed by atoms with Gasteiger partial charge in [0.25, 0.3) is 0 Å². The Bertz CT molecular complexity index is 754. The van der Waals surface area contributed by atoms with Crippen LogP contribution in [0.25, 0.3) is 0 Å². The molecule has 124 valence electrons. The van der Waals surface area contributed by atoms with E-state index in [1.165, 1.54) is 11.1 Å². The van der Waals surface area contributed by atoms with Crippen molar-refractivity contribution in [3.05, 3.63) is 70.8 Å². The molecule has 2 aromatic carbocycles. The molecular weight excluding hydrogens is 302 g/mol. The number of carbonyl (C=O) groups excluding carboxylic acids is 1. The zero-order valence-corrected chi connectivity index (χ0v) is 13.6. The van der Waals surface area contributed by atoms with Gasteiger partial charge in [0.2, 0.25) is 5.91 Å². The fraction of sp³-hybridized carbons (Fsp3) is 0.300. The highest BCUT2D eigenvalue weighted by atomic mass is 16.4. The van der Waals surface area contributed by atoms with E-state index < -0.39 is 5.97 Å². The molecule has 1 aliphatic rings. The molecule has 4 heteroatoms. The van der Waals surface area contributed by atoms with E-state index in [9.17, 15) is 14.7 Å². The zero-order chi connectivity index (χ0) is 16.9. The quantitative estimate of drug-likeness (QED) is 0.939. The Morgan fingerprint density at radius 1 is 1.00 bits per heavy atom. The predicted molar refractivity (Wildman–Crippen MR) is 91.9 cm³/mol. The Kier molecular flexibility index (Phi) is 4.94. The first-order chi connectivity index (χ1) is 11.6. The Hall–Kier alpha value is -2.62. The maximum absolute atomic E-state index is 12.6. The van der Waals surface area contributed by atoms with E-state index in [1.807, 2.05) is 23.1 Å². The molecule has 1 N–H and O–H groups in total. The molecule has 0 aliphatic carbocycles. The zero-order valence-electron chi connectivity index (χ0n) is 13.6. The number of carbonyl (C=O) groups is 2. The van der Waals surface area contributed by atoms with Gasteiger partial charge in [-0.3, -0.25) is 4.79 Å². The lowest BCUT2D eigenvalue weighted by atomic mass is 10.0. The van der Waals surface area contributed by atoms with Crippen molar-refractivity contribution in [3.8, 4) is 0 Å². The number of benzene rings is 2. The molecule has 0 aromatic heterocycles. The topological polar surface area (TPSA) is 57.6 Å². The molecule has 0 bridgehead atoms. The number of aromatic carboxylic acids is 1. The molecule has 3 rings (SSSR count). The van der Waals surface area contributed by atoms with Gasteiger partial charge in [0.05, 0.1) is 5.56 Å². The summed E-state index contributed by atoms with van der Waals surface area (Å²) in [5.41, 5.74) is 3.54. The van der Waals surface area contributed by atoms with Crippen LogP contribution in [0.3, 0.4) is 0 Å². The minimum absolute atomic E-state index is 0.0897. The van der Waals surface area contributed by atoms with Crippen molar-refractivity contribution >= 4 is 11.9 Å². The second-order valence-corrected chi connectivity index (χ2v) is 6.15. The summed E-state index contributed by atoms with van der Waals surface area (Å²) in [4.78, 5) is 25.7. The normalized spacial score (nSPS) is 13.9. The number of amides is 1. The lowest BCUT2D eigenvalue weighted by Crippen LogP contribution is -2.30. The van der Waals surface area contributed by atoms with Crippen LogP contribution in [-0.4, -0.2) is 28.4 Å². The Morgan fingerprint density at radius 3 is 2.50 bits per heavy atom. The Balaban J connectivity index is 1.67. The molecule has 2 aromatic rings. The highest BCUT2D eigenvalue weighted by Crippen LogP contribution is 2.20. The van der Waals surface area contributed by atoms with Gasteiger partial charge in [0.1, 0.15) is 0 Å². The number of fused-ring (bicyclic) bond motifs is 1. The Labute approximate surface area is 141 Å². The minimum atomic E-state index is -0.943. The number of carboxylic acid groups (broad SMARTS) is 1. The number of hydrogen-bond acceptors (Lipinski definition) is 2. The molecule has 1 heterocycles. The number of nitrogens with zero attached hydrogens (tertiary/aromatic N) is 1. The molecule has 0 fully saturated rings. The van der Waals surface area contributed by atoms with Gasteiger partial charge in [-0.05, 0) is 42.0 Å². The SMILES string of the molecule is O=C(O)c1ccccc1CCC(=O)N1CCCc2ccccc2C1. The van der Waals surface area contributed by atoms with Gasteiger partial charge in [0, 0.05) is 19.5 Å². The Morgan fingerprint density at radius 2 is 1.71 bits per heavy atom. The van der Waals surface area contributed by atoms with Crippen molar-refractivity contribution in [2.75, 3.05) is 6.54 Å². The van der Waals surface area contributed by atoms with Gasteiger partial charge in [-0.1, -0.05) is 42.5 Å². The van der Waals surface area contributed by atoms with Gasteiger partial charge in [-0.2, -0.15) is 0 Å². The summed E-state index contributed by atoms with van der Waals surface area (Å²) in [6.07, 6.45) is 2.77. The first-order valence-electron chi connectivity index (χ1n) is 8.31. The lowest BCUT2D eigenvalue weighted by Gasteiger charge is -2.21. The highest BCUT2D eigenvalue weighted by molar-refractivity contribution is 5.89. The summed E-state index contributed by atoms with van der Waals surface area (Å²) < 4.78 is 0. The molecule has 1 aliphatic heterocycles. The fourth-order valence-corrected chi connectivity index (χ4v) is 3.26. The molecule has 0 unspecified atom stereocenters. The second-order valence-electron chi connectivity index (χ2n) is 6.15. The van der Waals surface area contributed by atoms with Crippen LogP contribution in [0.2, 0.25) is 0 Å². The van der Waals surface area contributed by atoms with E-state index in [1.54, 1.807) is 18.2 Å². The van der Waals surface area contributed by atoms with Crippen LogP contribution in [0.5, 0.6) is 0 Å². The van der Waals surface area contributed by atoms with Crippen molar-refractivity contribution in [1.82, 2.24) is 4.90 Å². The van der Waals surface area contributed by atoms with Crippen molar-refractivity contribution in [2.24, 2.45) is 0 Å². The van der Waals surface area contributed by atoms with Crippen molar-refractivity contribution in [2.45, 2.75) is 32.2 Å². The van der Waals surface area contributed by atoms with Crippen molar-refractivity contribution in [3.63, 3.8) is 0 Å². The summed E-state index contributed by atoms with van der Waals surface area (Å²) in [5.74, 6) is -0.853. The minimum Gasteiger partial charge on any atom is -0.478 e. The van der Waals surface area contributed by atoms with Gasteiger partial charge in [0.15, 0.2) is 0 Å². The van der Waals surface area contributed by atoms with Crippen LogP contribution in [0, 0.1) is 0 Å². The molecule has 1 amide bonds. The van der Waals surface area contributed by atoms with Crippen LogP contribution >= 0.6 is 0 Å². The largest absolute Gasteiger partial charge is 0.478 e. The standard InChI is InChI=1S/C20H21NO3/c22-19(12-11-16-7-3-4-10-18(16)20(23)24)21-13-5-9-15-6-1-2-8-17(15)14-21/h1-4,6-8,10H,5,9,11-14H2,(H,23,24). The lowest BCUT2D eigenvalue weighted by molar-refractivity contribution is -0.131. The molecule has 4 nitrogen and oxygen atoms in total. The van der Waals surface area contributed by atoms with E-state index in [4.69, 9.17) is 0 Å². The predicted octanol–water partition coefficient (Wildman–Crippen LogP) is 3.29. The summed E-state index contributed by atoms with van der Waals surface area (Å²) in [6.45, 7) is 1.41. The molecule has 24 heavy (non-hydrogen) atoms. The average molecular weight is 323 g/mol. The first kappa shape index (κ1) is 16.2. The fourth-order valence-electron chi connectivity index (χ4n) is 3.26. The van der Waals surface area contributed by atoms with Crippen molar-refractivity contribution < 1.29 is 14.7 Å². The smallest absolute Gasteiger partial charge is 0.335 e. The molecule has 0 spiro atoms. The molecule has 0 radical (unpaired) electrons. The van der Waals surface area contributed by atoms with Gasteiger partial charge < -0.3 is 10.0 Å². The molecule has 0 atom stereocenters. The third-order valence-corrected chi connectivity index (χ3v) is 4.56.